The summed E-state index contributed by atoms with van der Waals surface area (Å²) in [6.07, 6.45) is -9.72. The van der Waals surface area contributed by atoms with Crippen molar-refractivity contribution >= 4 is 0 Å². The van der Waals surface area contributed by atoms with Gasteiger partial charge in [-0.3, -0.25) is 0 Å². The van der Waals surface area contributed by atoms with Gasteiger partial charge in [-0.1, -0.05) is 0 Å². The van der Waals surface area contributed by atoms with Crippen molar-refractivity contribution in [1.29, 1.82) is 0 Å². The van der Waals surface area contributed by atoms with Crippen LogP contribution in [0.4, 0.5) is 26.3 Å². The third kappa shape index (κ3) is 3.81. The number of aliphatic hydroxyl groups excluding tert-OH is 1. The highest BCUT2D eigenvalue weighted by atomic mass is 19.4. The molecule has 0 spiro atoms. The van der Waals surface area contributed by atoms with Crippen LogP contribution in [-0.4, -0.2) is 11.5 Å². The number of benzene rings is 1. The number of hydrogen-bond donors (Lipinski definition) is 1. The Balaban J connectivity index is 3.10. The van der Waals surface area contributed by atoms with E-state index < -0.39 is 36.0 Å². The molecule has 0 bridgehead atoms. The van der Waals surface area contributed by atoms with Crippen LogP contribution < -0.4 is 4.74 Å². The normalized spacial score (nSPS) is 12.6. The second-order valence-corrected chi connectivity index (χ2v) is 3.03. The van der Waals surface area contributed by atoms with Gasteiger partial charge in [-0.25, -0.2) is 0 Å². The first kappa shape index (κ1) is 13.6. The Morgan fingerprint density at radius 1 is 1.06 bits per heavy atom. The Morgan fingerprint density at radius 2 is 1.65 bits per heavy atom. The number of halogens is 6. The minimum absolute atomic E-state index is 0.404. The second kappa shape index (κ2) is 4.44. The van der Waals surface area contributed by atoms with E-state index in [1.54, 1.807) is 0 Å². The molecule has 0 fully saturated rings. The molecular weight excluding hydrogens is 254 g/mol. The minimum Gasteiger partial charge on any atom is -0.405 e. The molecule has 0 unspecified atom stereocenters. The van der Waals surface area contributed by atoms with E-state index in [-0.39, 0.29) is 0 Å². The van der Waals surface area contributed by atoms with Crippen molar-refractivity contribution in [3.63, 3.8) is 0 Å². The zero-order chi connectivity index (χ0) is 13.3. The summed E-state index contributed by atoms with van der Waals surface area (Å²) >= 11 is 0. The summed E-state index contributed by atoms with van der Waals surface area (Å²) < 4.78 is 75.7. The van der Waals surface area contributed by atoms with E-state index in [1.165, 1.54) is 0 Å². The highest BCUT2D eigenvalue weighted by molar-refractivity contribution is 5.38. The molecule has 1 rings (SSSR count). The third-order valence-electron chi connectivity index (χ3n) is 1.78. The number of ether oxygens (including phenoxy) is 1. The average Bonchev–Trinajstić information content (AvgIpc) is 2.14. The first-order valence-electron chi connectivity index (χ1n) is 4.20. The van der Waals surface area contributed by atoms with Gasteiger partial charge in [-0.15, -0.1) is 13.2 Å². The molecule has 0 aliphatic carbocycles. The molecule has 96 valence electrons. The molecule has 17 heavy (non-hydrogen) atoms. The van der Waals surface area contributed by atoms with Crippen LogP contribution in [0.1, 0.15) is 11.1 Å². The Hall–Kier alpha value is -1.44. The molecule has 0 atom stereocenters. The predicted octanol–water partition coefficient (Wildman–Crippen LogP) is 3.10. The minimum atomic E-state index is -5.02. The van der Waals surface area contributed by atoms with Crippen LogP contribution >= 0.6 is 0 Å². The second-order valence-electron chi connectivity index (χ2n) is 3.03. The van der Waals surface area contributed by atoms with Crippen molar-refractivity contribution in [3.8, 4) is 5.75 Å². The van der Waals surface area contributed by atoms with E-state index in [1.807, 2.05) is 0 Å². The van der Waals surface area contributed by atoms with Gasteiger partial charge in [0, 0.05) is 5.56 Å². The van der Waals surface area contributed by atoms with Crippen LogP contribution in [0.25, 0.3) is 0 Å². The first-order chi connectivity index (χ1) is 7.63. The van der Waals surface area contributed by atoms with E-state index in [4.69, 9.17) is 5.11 Å². The molecule has 0 heterocycles. The summed E-state index contributed by atoms with van der Waals surface area (Å²) in [6.45, 7) is -0.991. The summed E-state index contributed by atoms with van der Waals surface area (Å²) in [5, 5.41) is 8.69. The fraction of sp³-hybridized carbons (Fsp3) is 0.333. The molecule has 1 N–H and O–H groups in total. The van der Waals surface area contributed by atoms with Crippen molar-refractivity contribution in [2.45, 2.75) is 19.1 Å². The molecule has 0 radical (unpaired) electrons. The van der Waals surface area contributed by atoms with Crippen LogP contribution in [0.3, 0.4) is 0 Å². The van der Waals surface area contributed by atoms with E-state index in [2.05, 4.69) is 4.74 Å². The topological polar surface area (TPSA) is 29.5 Å². The van der Waals surface area contributed by atoms with E-state index in [0.717, 1.165) is 0 Å². The fourth-order valence-corrected chi connectivity index (χ4v) is 1.10. The lowest BCUT2D eigenvalue weighted by atomic mass is 10.1. The maximum atomic E-state index is 12.2. The maximum absolute atomic E-state index is 12.2. The molecule has 0 aliphatic rings. The van der Waals surface area contributed by atoms with Crippen molar-refractivity contribution < 1.29 is 36.2 Å². The number of aliphatic hydroxyl groups is 1. The molecule has 8 heteroatoms. The molecule has 1 aromatic rings. The first-order valence-corrected chi connectivity index (χ1v) is 4.20. The summed E-state index contributed by atoms with van der Waals surface area (Å²) in [5.74, 6) is -0.854. The quantitative estimate of drug-likeness (QED) is 0.828. The monoisotopic (exact) mass is 260 g/mol. The van der Waals surface area contributed by atoms with Gasteiger partial charge in [-0.2, -0.15) is 13.2 Å². The fourth-order valence-electron chi connectivity index (χ4n) is 1.10. The van der Waals surface area contributed by atoms with Crippen molar-refractivity contribution in [1.82, 2.24) is 0 Å². The Labute approximate surface area is 91.4 Å². The zero-order valence-electron chi connectivity index (χ0n) is 8.06. The zero-order valence-corrected chi connectivity index (χ0v) is 8.06. The number of alkyl halides is 6. The van der Waals surface area contributed by atoms with Gasteiger partial charge in [0.05, 0.1) is 12.2 Å². The van der Waals surface area contributed by atoms with Gasteiger partial charge in [0.15, 0.2) is 0 Å². The maximum Gasteiger partial charge on any atom is 0.573 e. The molecule has 1 aromatic carbocycles. The smallest absolute Gasteiger partial charge is 0.405 e. The summed E-state index contributed by atoms with van der Waals surface area (Å²) in [7, 11) is 0. The predicted molar refractivity (Wildman–Crippen MR) is 44.0 cm³/mol. The van der Waals surface area contributed by atoms with Gasteiger partial charge in [0.2, 0.25) is 0 Å². The summed E-state index contributed by atoms with van der Waals surface area (Å²) in [6, 6.07) is 1.36. The Morgan fingerprint density at radius 3 is 2.06 bits per heavy atom. The highest BCUT2D eigenvalue weighted by Crippen LogP contribution is 2.34. The van der Waals surface area contributed by atoms with E-state index in [9.17, 15) is 26.3 Å². The van der Waals surface area contributed by atoms with Crippen molar-refractivity contribution in [2.75, 3.05) is 0 Å². The van der Waals surface area contributed by atoms with Crippen molar-refractivity contribution in [3.05, 3.63) is 29.3 Å². The lowest BCUT2D eigenvalue weighted by Gasteiger charge is -2.14. The molecule has 2 nitrogen and oxygen atoms in total. The van der Waals surface area contributed by atoms with E-state index >= 15 is 0 Å². The summed E-state index contributed by atoms with van der Waals surface area (Å²) in [4.78, 5) is 0. The van der Waals surface area contributed by atoms with Crippen LogP contribution in [0, 0.1) is 0 Å². The summed E-state index contributed by atoms with van der Waals surface area (Å²) in [5.41, 5.74) is -1.74. The van der Waals surface area contributed by atoms with Gasteiger partial charge < -0.3 is 9.84 Å². The number of rotatable bonds is 2. The van der Waals surface area contributed by atoms with Gasteiger partial charge in [0.1, 0.15) is 5.75 Å². The van der Waals surface area contributed by atoms with Gasteiger partial charge >= 0.3 is 12.5 Å². The molecule has 0 aliphatic heterocycles. The van der Waals surface area contributed by atoms with Crippen LogP contribution in [0.5, 0.6) is 5.75 Å². The van der Waals surface area contributed by atoms with Gasteiger partial charge in [0.25, 0.3) is 0 Å². The third-order valence-corrected chi connectivity index (χ3v) is 1.78. The lowest BCUT2D eigenvalue weighted by Crippen LogP contribution is -2.18. The molecule has 0 aromatic heterocycles. The van der Waals surface area contributed by atoms with Crippen LogP contribution in [0.15, 0.2) is 18.2 Å². The SMILES string of the molecule is OCc1cc(C(F)(F)F)ccc1OC(F)(F)F. The molecular formula is C9H6F6O2. The van der Waals surface area contributed by atoms with Crippen LogP contribution in [-0.2, 0) is 12.8 Å². The molecule has 0 amide bonds. The largest absolute Gasteiger partial charge is 0.573 e. The highest BCUT2D eigenvalue weighted by Gasteiger charge is 2.34. The standard InChI is InChI=1S/C9H6F6O2/c10-8(11,12)6-1-2-7(5(3-6)4-16)17-9(13,14)15/h1-3,16H,4H2. The molecule has 0 saturated heterocycles. The van der Waals surface area contributed by atoms with Gasteiger partial charge in [-0.05, 0) is 18.2 Å². The lowest BCUT2D eigenvalue weighted by molar-refractivity contribution is -0.275. The van der Waals surface area contributed by atoms with E-state index in [0.29, 0.717) is 18.2 Å². The number of hydrogen-bond acceptors (Lipinski definition) is 2. The molecule has 0 saturated carbocycles. The van der Waals surface area contributed by atoms with Crippen LogP contribution in [0.2, 0.25) is 0 Å². The average molecular weight is 260 g/mol. The Bertz CT molecular complexity index is 395. The van der Waals surface area contributed by atoms with Crippen molar-refractivity contribution in [2.24, 2.45) is 0 Å². The Kier molecular flexibility index (Phi) is 3.56.